The van der Waals surface area contributed by atoms with Crippen LogP contribution in [0.25, 0.3) is 11.1 Å². The molecule has 0 bridgehead atoms. The summed E-state index contributed by atoms with van der Waals surface area (Å²) in [4.78, 5) is 12.4. The van der Waals surface area contributed by atoms with Crippen LogP contribution in [0.1, 0.15) is 28.2 Å². The Balaban J connectivity index is 1.12. The molecule has 4 aromatic carbocycles. The monoisotopic (exact) mass is 507 g/mol. The molecule has 1 aliphatic carbocycles. The van der Waals surface area contributed by atoms with Crippen LogP contribution in [0.5, 0.6) is 5.75 Å². The fourth-order valence-corrected chi connectivity index (χ4v) is 4.86. The lowest BCUT2D eigenvalue weighted by Gasteiger charge is -2.14. The second kappa shape index (κ2) is 11.6. The molecule has 0 spiro atoms. The fourth-order valence-electron chi connectivity index (χ4n) is 4.25. The third-order valence-electron chi connectivity index (χ3n) is 6.00. The molecular weight excluding hydrogens is 482 g/mol. The van der Waals surface area contributed by atoms with E-state index in [0.717, 1.165) is 22.4 Å². The third-order valence-corrected chi connectivity index (χ3v) is 6.86. The third kappa shape index (κ3) is 6.08. The van der Waals surface area contributed by atoms with Gasteiger partial charge in [0.1, 0.15) is 12.4 Å². The van der Waals surface area contributed by atoms with Crippen LogP contribution in [0, 0.1) is 0 Å². The number of benzene rings is 4. The number of ether oxygens (including phenoxy) is 2. The molecule has 0 aromatic heterocycles. The number of hydrogen-bond donors (Lipinski definition) is 1. The first-order chi connectivity index (χ1) is 18.2. The lowest BCUT2D eigenvalue weighted by Crippen LogP contribution is -2.15. The molecule has 5 rings (SSSR count). The topological polar surface area (TPSA) is 86.3 Å². The zero-order chi connectivity index (χ0) is 25.5. The van der Waals surface area contributed by atoms with Gasteiger partial charge in [-0.2, -0.15) is 5.10 Å². The average Bonchev–Trinajstić information content (AvgIpc) is 3.26. The summed E-state index contributed by atoms with van der Waals surface area (Å²) < 4.78 is 10.9. The molecule has 7 heteroatoms. The standard InChI is InChI=1S/C30H25N3O3S/c31-29(37-20-22-8-2-1-3-9-22)33-32-18-21-14-16-23(17-15-21)36-30(34)35-19-28-26-12-6-4-10-24(26)25-11-5-7-13-27(25)28/h1-18,28H,19-20H2,(H2,31,33). The average molecular weight is 508 g/mol. The number of hydrogen-bond acceptors (Lipinski definition) is 6. The maximum absolute atomic E-state index is 12.4. The van der Waals surface area contributed by atoms with E-state index in [0.29, 0.717) is 10.9 Å². The molecule has 0 atom stereocenters. The quantitative estimate of drug-likeness (QED) is 0.100. The number of nitrogens with two attached hydrogens (primary N) is 1. The summed E-state index contributed by atoms with van der Waals surface area (Å²) in [6, 6.07) is 33.3. The van der Waals surface area contributed by atoms with Gasteiger partial charge in [-0.05, 0) is 57.6 Å². The Bertz CT molecular complexity index is 1390. The highest BCUT2D eigenvalue weighted by molar-refractivity contribution is 8.13. The molecule has 0 amide bonds. The van der Waals surface area contributed by atoms with Crippen molar-refractivity contribution in [2.75, 3.05) is 6.61 Å². The predicted octanol–water partition coefficient (Wildman–Crippen LogP) is 6.60. The lowest BCUT2D eigenvalue weighted by molar-refractivity contribution is 0.0965. The van der Waals surface area contributed by atoms with Crippen molar-refractivity contribution in [2.24, 2.45) is 15.9 Å². The predicted molar refractivity (Wildman–Crippen MR) is 149 cm³/mol. The maximum atomic E-state index is 12.4. The first kappa shape index (κ1) is 24.3. The molecule has 0 aliphatic heterocycles. The van der Waals surface area contributed by atoms with Gasteiger partial charge in [-0.25, -0.2) is 4.79 Å². The van der Waals surface area contributed by atoms with E-state index < -0.39 is 6.16 Å². The molecule has 4 aromatic rings. The van der Waals surface area contributed by atoms with E-state index in [-0.39, 0.29) is 12.5 Å². The molecule has 0 fully saturated rings. The fraction of sp³-hybridized carbons (Fsp3) is 0.100. The minimum atomic E-state index is -0.740. The van der Waals surface area contributed by atoms with Crippen molar-refractivity contribution >= 4 is 29.3 Å². The summed E-state index contributed by atoms with van der Waals surface area (Å²) >= 11 is 1.42. The van der Waals surface area contributed by atoms with Crippen LogP contribution in [0.4, 0.5) is 4.79 Å². The normalized spacial score (nSPS) is 12.8. The summed E-state index contributed by atoms with van der Waals surface area (Å²) in [7, 11) is 0. The van der Waals surface area contributed by atoms with Gasteiger partial charge >= 0.3 is 6.16 Å². The Morgan fingerprint density at radius 1 is 0.838 bits per heavy atom. The van der Waals surface area contributed by atoms with E-state index in [1.807, 2.05) is 54.6 Å². The van der Waals surface area contributed by atoms with Crippen LogP contribution < -0.4 is 10.5 Å². The van der Waals surface area contributed by atoms with Crippen LogP contribution in [0.2, 0.25) is 0 Å². The van der Waals surface area contributed by atoms with Crippen molar-refractivity contribution in [3.63, 3.8) is 0 Å². The number of fused-ring (bicyclic) bond motifs is 3. The van der Waals surface area contributed by atoms with E-state index >= 15 is 0 Å². The van der Waals surface area contributed by atoms with E-state index in [9.17, 15) is 4.79 Å². The molecule has 0 heterocycles. The first-order valence-corrected chi connectivity index (χ1v) is 12.8. The summed E-state index contributed by atoms with van der Waals surface area (Å²) in [6.45, 7) is 0.208. The van der Waals surface area contributed by atoms with Crippen molar-refractivity contribution in [1.29, 1.82) is 0 Å². The van der Waals surface area contributed by atoms with Crippen LogP contribution in [-0.2, 0) is 10.5 Å². The van der Waals surface area contributed by atoms with Crippen molar-refractivity contribution in [3.05, 3.63) is 125 Å². The molecule has 0 saturated heterocycles. The van der Waals surface area contributed by atoms with E-state index in [1.54, 1.807) is 30.5 Å². The number of carbonyl (C=O) groups excluding carboxylic acids is 1. The Morgan fingerprint density at radius 2 is 1.46 bits per heavy atom. The molecule has 0 radical (unpaired) electrons. The van der Waals surface area contributed by atoms with Crippen LogP contribution >= 0.6 is 11.8 Å². The largest absolute Gasteiger partial charge is 0.513 e. The van der Waals surface area contributed by atoms with Gasteiger partial charge in [0.25, 0.3) is 0 Å². The Hall–Kier alpha value is -4.36. The highest BCUT2D eigenvalue weighted by atomic mass is 32.2. The van der Waals surface area contributed by atoms with Gasteiger partial charge in [0.15, 0.2) is 5.17 Å². The number of thioether (sulfide) groups is 1. The molecule has 1 aliphatic rings. The first-order valence-electron chi connectivity index (χ1n) is 11.8. The molecule has 0 saturated carbocycles. The minimum absolute atomic E-state index is 0.0163. The van der Waals surface area contributed by atoms with Crippen molar-refractivity contribution in [3.8, 4) is 16.9 Å². The van der Waals surface area contributed by atoms with Gasteiger partial charge < -0.3 is 15.2 Å². The second-order valence-corrected chi connectivity index (χ2v) is 9.41. The Morgan fingerprint density at radius 3 is 2.14 bits per heavy atom. The Kier molecular flexibility index (Phi) is 7.62. The number of amidine groups is 1. The minimum Gasteiger partial charge on any atom is -0.433 e. The van der Waals surface area contributed by atoms with Crippen molar-refractivity contribution < 1.29 is 14.3 Å². The highest BCUT2D eigenvalue weighted by Gasteiger charge is 2.29. The zero-order valence-electron chi connectivity index (χ0n) is 20.0. The van der Waals surface area contributed by atoms with Crippen LogP contribution in [-0.4, -0.2) is 24.1 Å². The zero-order valence-corrected chi connectivity index (χ0v) is 20.8. The van der Waals surface area contributed by atoms with Crippen LogP contribution in [0.15, 0.2) is 113 Å². The van der Waals surface area contributed by atoms with Crippen molar-refractivity contribution in [2.45, 2.75) is 11.7 Å². The molecule has 0 unspecified atom stereocenters. The second-order valence-electron chi connectivity index (χ2n) is 8.42. The van der Waals surface area contributed by atoms with Gasteiger partial charge in [-0.3, -0.25) is 0 Å². The van der Waals surface area contributed by atoms with Crippen LogP contribution in [0.3, 0.4) is 0 Å². The molecule has 6 nitrogen and oxygen atoms in total. The summed E-state index contributed by atoms with van der Waals surface area (Å²) in [6.07, 6.45) is 0.851. The lowest BCUT2D eigenvalue weighted by atomic mass is 9.98. The number of rotatable bonds is 7. The van der Waals surface area contributed by atoms with Gasteiger partial charge in [-0.1, -0.05) is 90.6 Å². The molecule has 37 heavy (non-hydrogen) atoms. The number of carbonyl (C=O) groups is 1. The maximum Gasteiger partial charge on any atom is 0.513 e. The molecule has 2 N–H and O–H groups in total. The van der Waals surface area contributed by atoms with Gasteiger partial charge in [0, 0.05) is 11.7 Å². The number of nitrogens with zero attached hydrogens (tertiary/aromatic N) is 2. The van der Waals surface area contributed by atoms with Gasteiger partial charge in [-0.15, -0.1) is 5.10 Å². The summed E-state index contributed by atoms with van der Waals surface area (Å²) in [5.41, 5.74) is 12.5. The van der Waals surface area contributed by atoms with Gasteiger partial charge in [0.05, 0.1) is 6.21 Å². The summed E-state index contributed by atoms with van der Waals surface area (Å²) in [5, 5.41) is 8.44. The van der Waals surface area contributed by atoms with Crippen molar-refractivity contribution in [1.82, 2.24) is 0 Å². The van der Waals surface area contributed by atoms with Gasteiger partial charge in [0.2, 0.25) is 0 Å². The molecule has 184 valence electrons. The van der Waals surface area contributed by atoms with E-state index in [2.05, 4.69) is 34.5 Å². The van der Waals surface area contributed by atoms with E-state index in [4.69, 9.17) is 15.2 Å². The highest BCUT2D eigenvalue weighted by Crippen LogP contribution is 2.44. The van der Waals surface area contributed by atoms with E-state index in [1.165, 1.54) is 28.5 Å². The molecular formula is C30H25N3O3S. The summed E-state index contributed by atoms with van der Waals surface area (Å²) in [5.74, 6) is 1.10. The smallest absolute Gasteiger partial charge is 0.433 e. The Labute approximate surface area is 219 Å². The SMILES string of the molecule is NC(=NN=Cc1ccc(OC(=O)OCC2c3ccccc3-c3ccccc32)cc1)SCc1ccccc1.